The standard InChI is InChI=1S/C28H45NO2/c1-3-5-7-8-9-10-11-12-13-14-15-17-21-24(20-16-6-4-2)29-27(30)25-22-18-19-23-26(25)28(29)31/h18-19,22-24H,3-17,20-21H2,1-2H3. The Kier molecular flexibility index (Phi) is 12.6. The van der Waals surface area contributed by atoms with Gasteiger partial charge in [-0.3, -0.25) is 14.5 Å². The molecule has 0 aromatic heterocycles. The van der Waals surface area contributed by atoms with Crippen molar-refractivity contribution in [2.24, 2.45) is 0 Å². The SMILES string of the molecule is CCCCCCCCCCCCCCC(CCCCC)N1C(=O)c2ccccc2C1=O. The van der Waals surface area contributed by atoms with Crippen molar-refractivity contribution in [2.75, 3.05) is 0 Å². The Hall–Kier alpha value is -1.64. The van der Waals surface area contributed by atoms with Gasteiger partial charge in [0.15, 0.2) is 0 Å². The van der Waals surface area contributed by atoms with Crippen molar-refractivity contribution in [1.29, 1.82) is 0 Å². The minimum atomic E-state index is -0.0824. The minimum Gasteiger partial charge on any atom is -0.271 e. The van der Waals surface area contributed by atoms with E-state index >= 15 is 0 Å². The Balaban J connectivity index is 1.69. The monoisotopic (exact) mass is 427 g/mol. The topological polar surface area (TPSA) is 37.4 Å². The van der Waals surface area contributed by atoms with Crippen LogP contribution in [-0.2, 0) is 0 Å². The Labute approximate surface area is 191 Å². The first-order chi connectivity index (χ1) is 15.2. The number of amides is 2. The van der Waals surface area contributed by atoms with Gasteiger partial charge in [-0.05, 0) is 25.0 Å². The molecule has 1 aromatic carbocycles. The van der Waals surface area contributed by atoms with E-state index in [1.165, 1.54) is 70.6 Å². The molecule has 1 aliphatic heterocycles. The van der Waals surface area contributed by atoms with Crippen LogP contribution in [0.15, 0.2) is 24.3 Å². The summed E-state index contributed by atoms with van der Waals surface area (Å²) in [5.41, 5.74) is 1.17. The highest BCUT2D eigenvalue weighted by Gasteiger charge is 2.39. The van der Waals surface area contributed by atoms with Crippen molar-refractivity contribution in [3.63, 3.8) is 0 Å². The molecule has 0 aliphatic carbocycles. The van der Waals surface area contributed by atoms with Gasteiger partial charge in [0.25, 0.3) is 11.8 Å². The lowest BCUT2D eigenvalue weighted by Crippen LogP contribution is -2.39. The molecule has 0 radical (unpaired) electrons. The fourth-order valence-corrected chi connectivity index (χ4v) is 4.79. The van der Waals surface area contributed by atoms with Crippen molar-refractivity contribution >= 4 is 11.8 Å². The summed E-state index contributed by atoms with van der Waals surface area (Å²) in [6.07, 6.45) is 21.3. The molecule has 0 N–H and O–H groups in total. The van der Waals surface area contributed by atoms with E-state index < -0.39 is 0 Å². The van der Waals surface area contributed by atoms with Gasteiger partial charge in [-0.15, -0.1) is 0 Å². The first kappa shape index (κ1) is 25.6. The van der Waals surface area contributed by atoms with Crippen LogP contribution in [0.1, 0.15) is 144 Å². The summed E-state index contributed by atoms with van der Waals surface area (Å²) in [4.78, 5) is 27.4. The molecule has 0 saturated heterocycles. The molecular formula is C28H45NO2. The summed E-state index contributed by atoms with van der Waals surface area (Å²) in [6, 6.07) is 7.35. The predicted molar refractivity (Wildman–Crippen MR) is 131 cm³/mol. The third-order valence-electron chi connectivity index (χ3n) is 6.72. The van der Waals surface area contributed by atoms with E-state index in [0.717, 1.165) is 38.5 Å². The van der Waals surface area contributed by atoms with Crippen molar-refractivity contribution in [3.05, 3.63) is 35.4 Å². The molecule has 1 heterocycles. The summed E-state index contributed by atoms with van der Waals surface area (Å²) >= 11 is 0. The summed E-state index contributed by atoms with van der Waals surface area (Å²) in [5, 5.41) is 0. The van der Waals surface area contributed by atoms with E-state index in [9.17, 15) is 9.59 Å². The number of carbonyl (C=O) groups is 2. The third kappa shape index (κ3) is 8.43. The predicted octanol–water partition coefficient (Wildman–Crippen LogP) is 8.32. The van der Waals surface area contributed by atoms with Crippen LogP contribution in [0.4, 0.5) is 0 Å². The Morgan fingerprint density at radius 1 is 0.581 bits per heavy atom. The number of rotatable bonds is 18. The average molecular weight is 428 g/mol. The van der Waals surface area contributed by atoms with Gasteiger partial charge in [-0.25, -0.2) is 0 Å². The summed E-state index contributed by atoms with van der Waals surface area (Å²) in [6.45, 7) is 4.47. The van der Waals surface area contributed by atoms with Crippen LogP contribution in [0, 0.1) is 0 Å². The molecule has 3 heteroatoms. The molecule has 2 amide bonds. The van der Waals surface area contributed by atoms with E-state index in [2.05, 4.69) is 13.8 Å². The van der Waals surface area contributed by atoms with Gasteiger partial charge < -0.3 is 0 Å². The number of nitrogens with zero attached hydrogens (tertiary/aromatic N) is 1. The second-order valence-corrected chi connectivity index (χ2v) is 9.35. The number of carbonyl (C=O) groups excluding carboxylic acids is 2. The van der Waals surface area contributed by atoms with Crippen LogP contribution >= 0.6 is 0 Å². The quantitative estimate of drug-likeness (QED) is 0.174. The van der Waals surface area contributed by atoms with Gasteiger partial charge >= 0.3 is 0 Å². The highest BCUT2D eigenvalue weighted by atomic mass is 16.2. The lowest BCUT2D eigenvalue weighted by molar-refractivity contribution is 0.0563. The maximum absolute atomic E-state index is 12.9. The van der Waals surface area contributed by atoms with Gasteiger partial charge in [-0.2, -0.15) is 0 Å². The van der Waals surface area contributed by atoms with Gasteiger partial charge in [0, 0.05) is 6.04 Å². The highest BCUT2D eigenvalue weighted by molar-refractivity contribution is 6.21. The molecule has 1 unspecified atom stereocenters. The van der Waals surface area contributed by atoms with Gasteiger partial charge in [0.2, 0.25) is 0 Å². The molecule has 1 atom stereocenters. The van der Waals surface area contributed by atoms with Crippen LogP contribution < -0.4 is 0 Å². The maximum atomic E-state index is 12.9. The summed E-state index contributed by atoms with van der Waals surface area (Å²) in [7, 11) is 0. The van der Waals surface area contributed by atoms with Crippen molar-refractivity contribution in [2.45, 2.75) is 129 Å². The van der Waals surface area contributed by atoms with Crippen LogP contribution in [0.25, 0.3) is 0 Å². The van der Waals surface area contributed by atoms with E-state index in [0.29, 0.717) is 11.1 Å². The lowest BCUT2D eigenvalue weighted by atomic mass is 9.99. The van der Waals surface area contributed by atoms with Crippen molar-refractivity contribution in [3.8, 4) is 0 Å². The fourth-order valence-electron chi connectivity index (χ4n) is 4.79. The second kappa shape index (κ2) is 15.2. The highest BCUT2D eigenvalue weighted by Crippen LogP contribution is 2.28. The number of benzene rings is 1. The number of unbranched alkanes of at least 4 members (excludes halogenated alkanes) is 13. The minimum absolute atomic E-state index is 0.0575. The normalized spacial score (nSPS) is 14.3. The van der Waals surface area contributed by atoms with Crippen molar-refractivity contribution < 1.29 is 9.59 Å². The average Bonchev–Trinajstić information content (AvgIpc) is 3.04. The molecule has 174 valence electrons. The van der Waals surface area contributed by atoms with Crippen molar-refractivity contribution in [1.82, 2.24) is 4.90 Å². The summed E-state index contributed by atoms with van der Waals surface area (Å²) < 4.78 is 0. The zero-order valence-corrected chi connectivity index (χ0v) is 20.2. The smallest absolute Gasteiger partial charge is 0.261 e. The second-order valence-electron chi connectivity index (χ2n) is 9.35. The van der Waals surface area contributed by atoms with Crippen LogP contribution in [0.2, 0.25) is 0 Å². The molecule has 0 saturated carbocycles. The van der Waals surface area contributed by atoms with E-state index in [1.807, 2.05) is 12.1 Å². The molecule has 1 aliphatic rings. The van der Waals surface area contributed by atoms with Crippen LogP contribution in [0.5, 0.6) is 0 Å². The molecule has 3 nitrogen and oxygen atoms in total. The zero-order valence-electron chi connectivity index (χ0n) is 20.2. The number of hydrogen-bond acceptors (Lipinski definition) is 2. The first-order valence-corrected chi connectivity index (χ1v) is 13.2. The summed E-state index contributed by atoms with van der Waals surface area (Å²) in [5.74, 6) is -0.165. The molecular weight excluding hydrogens is 382 g/mol. The molecule has 31 heavy (non-hydrogen) atoms. The Morgan fingerprint density at radius 3 is 1.39 bits per heavy atom. The van der Waals surface area contributed by atoms with Gasteiger partial charge in [0.1, 0.15) is 0 Å². The Bertz CT molecular complexity index is 619. The molecule has 1 aromatic rings. The number of imide groups is 1. The molecule has 0 fully saturated rings. The maximum Gasteiger partial charge on any atom is 0.261 e. The first-order valence-electron chi connectivity index (χ1n) is 13.2. The lowest BCUT2D eigenvalue weighted by Gasteiger charge is -2.26. The Morgan fingerprint density at radius 2 is 0.935 bits per heavy atom. The zero-order chi connectivity index (χ0) is 22.3. The van der Waals surface area contributed by atoms with E-state index in [4.69, 9.17) is 0 Å². The van der Waals surface area contributed by atoms with Gasteiger partial charge in [0.05, 0.1) is 11.1 Å². The molecule has 2 rings (SSSR count). The fraction of sp³-hybridized carbons (Fsp3) is 0.714. The van der Waals surface area contributed by atoms with Crippen LogP contribution in [0.3, 0.4) is 0 Å². The van der Waals surface area contributed by atoms with E-state index in [1.54, 1.807) is 17.0 Å². The number of hydrogen-bond donors (Lipinski definition) is 0. The largest absolute Gasteiger partial charge is 0.271 e. The number of fused-ring (bicyclic) bond motifs is 1. The molecule has 0 spiro atoms. The van der Waals surface area contributed by atoms with Crippen LogP contribution in [-0.4, -0.2) is 22.8 Å². The third-order valence-corrected chi connectivity index (χ3v) is 6.72. The molecule has 0 bridgehead atoms. The van der Waals surface area contributed by atoms with Gasteiger partial charge in [-0.1, -0.05) is 122 Å². The van der Waals surface area contributed by atoms with E-state index in [-0.39, 0.29) is 17.9 Å².